The fraction of sp³-hybridized carbons (Fsp3) is 0.625. The van der Waals surface area contributed by atoms with Crippen LogP contribution in [0.2, 0.25) is 5.02 Å². The Kier molecular flexibility index (Phi) is 5.05. The van der Waals surface area contributed by atoms with Crippen LogP contribution in [-0.2, 0) is 6.42 Å². The summed E-state index contributed by atoms with van der Waals surface area (Å²) in [6.07, 6.45) is 5.57. The first kappa shape index (κ1) is 15.7. The summed E-state index contributed by atoms with van der Waals surface area (Å²) in [7, 11) is 0. The summed E-state index contributed by atoms with van der Waals surface area (Å²) in [6.45, 7) is 4.65. The highest BCUT2D eigenvalue weighted by atomic mass is 35.5. The van der Waals surface area contributed by atoms with Crippen LogP contribution < -0.4 is 11.3 Å². The molecule has 2 rings (SSSR count). The second kappa shape index (κ2) is 6.42. The molecule has 0 radical (unpaired) electrons. The van der Waals surface area contributed by atoms with Crippen LogP contribution in [0.1, 0.15) is 45.1 Å². The number of hydrogen-bond donors (Lipinski definition) is 2. The SMILES string of the molecule is CC1(C)CCC(C(Cc2ccc(F)cc2Cl)NN)CC1. The molecule has 2 nitrogen and oxygen atoms in total. The monoisotopic (exact) mass is 298 g/mol. The van der Waals surface area contributed by atoms with E-state index in [0.717, 1.165) is 12.0 Å². The molecule has 20 heavy (non-hydrogen) atoms. The van der Waals surface area contributed by atoms with Gasteiger partial charge >= 0.3 is 0 Å². The molecular weight excluding hydrogens is 275 g/mol. The number of nitrogens with one attached hydrogen (secondary N) is 1. The van der Waals surface area contributed by atoms with Crippen molar-refractivity contribution >= 4 is 11.6 Å². The van der Waals surface area contributed by atoms with Gasteiger partial charge < -0.3 is 0 Å². The number of benzene rings is 1. The first-order chi connectivity index (χ1) is 9.41. The van der Waals surface area contributed by atoms with Gasteiger partial charge in [0.1, 0.15) is 5.82 Å². The first-order valence-electron chi connectivity index (χ1n) is 7.31. The van der Waals surface area contributed by atoms with E-state index in [4.69, 9.17) is 17.4 Å². The predicted molar refractivity (Wildman–Crippen MR) is 82.0 cm³/mol. The average molecular weight is 299 g/mol. The van der Waals surface area contributed by atoms with Crippen molar-refractivity contribution in [2.24, 2.45) is 17.2 Å². The van der Waals surface area contributed by atoms with Gasteiger partial charge in [0.05, 0.1) is 0 Å². The van der Waals surface area contributed by atoms with E-state index in [1.54, 1.807) is 6.07 Å². The van der Waals surface area contributed by atoms with E-state index in [1.165, 1.54) is 37.8 Å². The maximum Gasteiger partial charge on any atom is 0.124 e. The van der Waals surface area contributed by atoms with Gasteiger partial charge in [-0.05, 0) is 61.1 Å². The summed E-state index contributed by atoms with van der Waals surface area (Å²) in [5, 5.41) is 0.487. The lowest BCUT2D eigenvalue weighted by molar-refractivity contribution is 0.161. The highest BCUT2D eigenvalue weighted by Crippen LogP contribution is 2.39. The van der Waals surface area contributed by atoms with Gasteiger partial charge in [0.25, 0.3) is 0 Å². The molecule has 112 valence electrons. The molecule has 0 aromatic heterocycles. The molecule has 4 heteroatoms. The Balaban J connectivity index is 2.02. The van der Waals surface area contributed by atoms with Crippen LogP contribution in [0.25, 0.3) is 0 Å². The molecule has 0 amide bonds. The molecule has 0 spiro atoms. The summed E-state index contributed by atoms with van der Waals surface area (Å²) in [5.74, 6) is 6.00. The Labute approximate surface area is 125 Å². The van der Waals surface area contributed by atoms with Crippen LogP contribution in [0.4, 0.5) is 4.39 Å². The zero-order valence-electron chi connectivity index (χ0n) is 12.3. The van der Waals surface area contributed by atoms with E-state index in [0.29, 0.717) is 16.4 Å². The Morgan fingerprint density at radius 1 is 1.40 bits per heavy atom. The molecule has 0 bridgehead atoms. The van der Waals surface area contributed by atoms with E-state index in [2.05, 4.69) is 19.3 Å². The van der Waals surface area contributed by atoms with Gasteiger partial charge in [0.2, 0.25) is 0 Å². The Hall–Kier alpha value is -0.640. The second-order valence-electron chi connectivity index (χ2n) is 6.71. The van der Waals surface area contributed by atoms with Gasteiger partial charge in [-0.2, -0.15) is 0 Å². The third-order valence-electron chi connectivity index (χ3n) is 4.62. The zero-order valence-corrected chi connectivity index (χ0v) is 13.0. The molecule has 3 N–H and O–H groups in total. The molecule has 0 heterocycles. The zero-order chi connectivity index (χ0) is 14.8. The van der Waals surface area contributed by atoms with Crippen molar-refractivity contribution in [2.45, 2.75) is 52.0 Å². The third-order valence-corrected chi connectivity index (χ3v) is 4.97. The molecule has 0 aliphatic heterocycles. The molecule has 1 aromatic rings. The van der Waals surface area contributed by atoms with Crippen LogP contribution in [0.3, 0.4) is 0 Å². The second-order valence-corrected chi connectivity index (χ2v) is 7.12. The molecule has 1 fully saturated rings. The largest absolute Gasteiger partial charge is 0.271 e. The fourth-order valence-corrected chi connectivity index (χ4v) is 3.35. The Morgan fingerprint density at radius 2 is 2.05 bits per heavy atom. The maximum atomic E-state index is 13.1. The number of halogens is 2. The lowest BCUT2D eigenvalue weighted by Crippen LogP contribution is -2.44. The third kappa shape index (κ3) is 3.94. The van der Waals surface area contributed by atoms with E-state index < -0.39 is 0 Å². The number of hydrazine groups is 1. The Bertz CT molecular complexity index is 452. The van der Waals surface area contributed by atoms with Gasteiger partial charge in [0, 0.05) is 11.1 Å². The van der Waals surface area contributed by atoms with E-state index >= 15 is 0 Å². The fourth-order valence-electron chi connectivity index (χ4n) is 3.11. The Morgan fingerprint density at radius 3 is 2.60 bits per heavy atom. The van der Waals surface area contributed by atoms with Crippen LogP contribution >= 0.6 is 11.6 Å². The van der Waals surface area contributed by atoms with E-state index in [9.17, 15) is 4.39 Å². The minimum Gasteiger partial charge on any atom is -0.271 e. The minimum absolute atomic E-state index is 0.203. The summed E-state index contributed by atoms with van der Waals surface area (Å²) in [6, 6.07) is 4.79. The van der Waals surface area contributed by atoms with Crippen molar-refractivity contribution in [2.75, 3.05) is 0 Å². The van der Waals surface area contributed by atoms with Gasteiger partial charge in [-0.1, -0.05) is 31.5 Å². The summed E-state index contributed by atoms with van der Waals surface area (Å²) in [5.41, 5.74) is 4.34. The molecule has 1 atom stereocenters. The highest BCUT2D eigenvalue weighted by molar-refractivity contribution is 6.31. The molecule has 1 aromatic carbocycles. The molecular formula is C16H24ClFN2. The van der Waals surface area contributed by atoms with Gasteiger partial charge in [-0.25, -0.2) is 4.39 Å². The van der Waals surface area contributed by atoms with E-state index in [-0.39, 0.29) is 11.9 Å². The standard InChI is InChI=1S/C16H24ClFN2/c1-16(2)7-5-11(6-8-16)15(20-19)9-12-3-4-13(18)10-14(12)17/h3-4,10-11,15,20H,5-9,19H2,1-2H3. The van der Waals surface area contributed by atoms with Crippen LogP contribution in [0, 0.1) is 17.2 Å². The van der Waals surface area contributed by atoms with Crippen molar-refractivity contribution in [3.8, 4) is 0 Å². The van der Waals surface area contributed by atoms with Crippen molar-refractivity contribution in [1.82, 2.24) is 5.43 Å². The van der Waals surface area contributed by atoms with Crippen LogP contribution in [0.5, 0.6) is 0 Å². The number of rotatable bonds is 4. The van der Waals surface area contributed by atoms with Gasteiger partial charge in [-0.15, -0.1) is 0 Å². The normalized spacial score (nSPS) is 20.9. The smallest absolute Gasteiger partial charge is 0.124 e. The number of nitrogens with two attached hydrogens (primary N) is 1. The number of hydrogen-bond acceptors (Lipinski definition) is 2. The van der Waals surface area contributed by atoms with Gasteiger partial charge in [0.15, 0.2) is 0 Å². The molecule has 1 aliphatic carbocycles. The lowest BCUT2D eigenvalue weighted by Gasteiger charge is -2.38. The first-order valence-corrected chi connectivity index (χ1v) is 7.69. The topological polar surface area (TPSA) is 38.0 Å². The minimum atomic E-state index is -0.296. The summed E-state index contributed by atoms with van der Waals surface area (Å²) in [4.78, 5) is 0. The predicted octanol–water partition coefficient (Wildman–Crippen LogP) is 4.07. The lowest BCUT2D eigenvalue weighted by atomic mass is 9.70. The van der Waals surface area contributed by atoms with Crippen molar-refractivity contribution < 1.29 is 4.39 Å². The molecule has 1 unspecified atom stereocenters. The molecule has 1 saturated carbocycles. The van der Waals surface area contributed by atoms with Crippen molar-refractivity contribution in [1.29, 1.82) is 0 Å². The maximum absolute atomic E-state index is 13.1. The van der Waals surface area contributed by atoms with Crippen LogP contribution in [0.15, 0.2) is 18.2 Å². The molecule has 0 saturated heterocycles. The molecule has 1 aliphatic rings. The van der Waals surface area contributed by atoms with E-state index in [1.807, 2.05) is 0 Å². The van der Waals surface area contributed by atoms with Crippen molar-refractivity contribution in [3.05, 3.63) is 34.6 Å². The highest BCUT2D eigenvalue weighted by Gasteiger charge is 2.31. The summed E-state index contributed by atoms with van der Waals surface area (Å²) >= 11 is 6.11. The average Bonchev–Trinajstić information content (AvgIpc) is 2.39. The quantitative estimate of drug-likeness (QED) is 0.649. The summed E-state index contributed by atoms with van der Waals surface area (Å²) < 4.78 is 13.1. The van der Waals surface area contributed by atoms with Crippen LogP contribution in [-0.4, -0.2) is 6.04 Å². The van der Waals surface area contributed by atoms with Gasteiger partial charge in [-0.3, -0.25) is 11.3 Å². The van der Waals surface area contributed by atoms with Crippen molar-refractivity contribution in [3.63, 3.8) is 0 Å².